The fourth-order valence-electron chi connectivity index (χ4n) is 5.25. The molecular formula is C33H28ClFN4O2. The molecule has 5 aromatic rings. The van der Waals surface area contributed by atoms with E-state index in [1.54, 1.807) is 6.92 Å². The number of fused-ring (bicyclic) bond motifs is 1. The van der Waals surface area contributed by atoms with E-state index in [0.717, 1.165) is 33.7 Å². The first-order valence-electron chi connectivity index (χ1n) is 13.5. The predicted octanol–water partition coefficient (Wildman–Crippen LogP) is 6.62. The number of ketones is 1. The van der Waals surface area contributed by atoms with Crippen LogP contribution in [0.4, 0.5) is 4.39 Å². The van der Waals surface area contributed by atoms with Crippen LogP contribution >= 0.6 is 11.6 Å². The molecule has 3 heterocycles. The van der Waals surface area contributed by atoms with Crippen molar-refractivity contribution in [1.82, 2.24) is 19.2 Å². The summed E-state index contributed by atoms with van der Waals surface area (Å²) in [5.74, 6) is -0.398. The van der Waals surface area contributed by atoms with Crippen LogP contribution in [-0.4, -0.2) is 57.1 Å². The van der Waals surface area contributed by atoms with E-state index in [2.05, 4.69) is 15.5 Å². The maximum atomic E-state index is 13.3. The summed E-state index contributed by atoms with van der Waals surface area (Å²) in [5, 5.41) is 0.664. The predicted molar refractivity (Wildman–Crippen MR) is 159 cm³/mol. The van der Waals surface area contributed by atoms with E-state index >= 15 is 0 Å². The van der Waals surface area contributed by atoms with Gasteiger partial charge < -0.3 is 9.30 Å². The summed E-state index contributed by atoms with van der Waals surface area (Å²) >= 11 is 6.18. The van der Waals surface area contributed by atoms with Crippen LogP contribution < -0.4 is 0 Å². The standard InChI is InChI=1S/C33H28ClFN4O2/c1-22(40)23-2-4-24(5-3-23)27-10-15-31-36-32(25-6-11-28(34)12-7-25)30(39(31)20-27)21-37-16-18-38(19-17-37)33(41)26-8-13-29(35)14-9-26/h2-15,20H,16-19,21H2,1H3. The lowest BCUT2D eigenvalue weighted by Gasteiger charge is -2.34. The molecule has 0 atom stereocenters. The van der Waals surface area contributed by atoms with Crippen molar-refractivity contribution in [3.05, 3.63) is 119 Å². The van der Waals surface area contributed by atoms with Gasteiger partial charge in [0.15, 0.2) is 5.78 Å². The Kier molecular flexibility index (Phi) is 7.39. The molecular weight excluding hydrogens is 539 g/mol. The number of imidazole rings is 1. The van der Waals surface area contributed by atoms with Crippen LogP contribution in [0.2, 0.25) is 5.02 Å². The molecule has 1 saturated heterocycles. The van der Waals surface area contributed by atoms with Crippen LogP contribution in [0.15, 0.2) is 91.1 Å². The molecule has 2 aromatic heterocycles. The molecule has 41 heavy (non-hydrogen) atoms. The molecule has 1 amide bonds. The maximum absolute atomic E-state index is 13.3. The number of nitrogens with zero attached hydrogens (tertiary/aromatic N) is 4. The van der Waals surface area contributed by atoms with E-state index in [1.807, 2.05) is 65.6 Å². The number of carbonyl (C=O) groups is 2. The highest BCUT2D eigenvalue weighted by Gasteiger charge is 2.25. The highest BCUT2D eigenvalue weighted by molar-refractivity contribution is 6.30. The highest BCUT2D eigenvalue weighted by Crippen LogP contribution is 2.30. The average molecular weight is 567 g/mol. The van der Waals surface area contributed by atoms with Crippen LogP contribution in [0.5, 0.6) is 0 Å². The molecule has 0 saturated carbocycles. The van der Waals surface area contributed by atoms with Gasteiger partial charge in [-0.2, -0.15) is 0 Å². The number of Topliss-reactive ketones (excluding diaryl/α,β-unsaturated/α-hetero) is 1. The molecule has 6 rings (SSSR count). The van der Waals surface area contributed by atoms with Gasteiger partial charge in [-0.25, -0.2) is 9.37 Å². The minimum absolute atomic E-state index is 0.0379. The van der Waals surface area contributed by atoms with Gasteiger partial charge in [-0.1, -0.05) is 48.0 Å². The van der Waals surface area contributed by atoms with Gasteiger partial charge in [0.1, 0.15) is 11.5 Å². The SMILES string of the molecule is CC(=O)c1ccc(-c2ccc3nc(-c4ccc(Cl)cc4)c(CN4CCN(C(=O)c5ccc(F)cc5)CC4)n3c2)cc1. The van der Waals surface area contributed by atoms with Crippen molar-refractivity contribution in [2.45, 2.75) is 13.5 Å². The molecule has 0 unspecified atom stereocenters. The molecule has 1 aliphatic heterocycles. The number of piperazine rings is 1. The van der Waals surface area contributed by atoms with E-state index < -0.39 is 0 Å². The van der Waals surface area contributed by atoms with Crippen LogP contribution in [0.3, 0.4) is 0 Å². The first kappa shape index (κ1) is 26.9. The maximum Gasteiger partial charge on any atom is 0.253 e. The number of carbonyl (C=O) groups excluding carboxylic acids is 2. The molecule has 1 fully saturated rings. The van der Waals surface area contributed by atoms with E-state index in [0.29, 0.717) is 48.9 Å². The zero-order chi connectivity index (χ0) is 28.5. The molecule has 0 radical (unpaired) electrons. The number of hydrogen-bond donors (Lipinski definition) is 0. The molecule has 0 aliphatic carbocycles. The number of benzene rings is 3. The number of halogens is 2. The first-order valence-corrected chi connectivity index (χ1v) is 13.9. The van der Waals surface area contributed by atoms with Gasteiger partial charge in [0.2, 0.25) is 0 Å². The van der Waals surface area contributed by atoms with Crippen LogP contribution in [-0.2, 0) is 6.54 Å². The summed E-state index contributed by atoms with van der Waals surface area (Å²) in [7, 11) is 0. The third-order valence-corrected chi connectivity index (χ3v) is 7.84. The van der Waals surface area contributed by atoms with Gasteiger partial charge in [0, 0.05) is 60.6 Å². The van der Waals surface area contributed by atoms with Crippen LogP contribution in [0.1, 0.15) is 33.3 Å². The Labute approximate surface area is 242 Å². The molecule has 0 bridgehead atoms. The molecule has 0 N–H and O–H groups in total. The largest absolute Gasteiger partial charge is 0.336 e. The summed E-state index contributed by atoms with van der Waals surface area (Å²) in [6, 6.07) is 25.1. The summed E-state index contributed by atoms with van der Waals surface area (Å²) < 4.78 is 15.5. The summed E-state index contributed by atoms with van der Waals surface area (Å²) in [6.45, 7) is 4.77. The summed E-state index contributed by atoms with van der Waals surface area (Å²) in [6.07, 6.45) is 2.09. The fourth-order valence-corrected chi connectivity index (χ4v) is 5.37. The monoisotopic (exact) mass is 566 g/mol. The Balaban J connectivity index is 1.29. The second-order valence-corrected chi connectivity index (χ2v) is 10.7. The van der Waals surface area contributed by atoms with Crippen molar-refractivity contribution in [2.24, 2.45) is 0 Å². The van der Waals surface area contributed by atoms with Crippen molar-refractivity contribution >= 4 is 28.9 Å². The minimum atomic E-state index is -0.355. The Morgan fingerprint density at radius 1 is 0.780 bits per heavy atom. The van der Waals surface area contributed by atoms with Crippen molar-refractivity contribution in [3.63, 3.8) is 0 Å². The Hall–Kier alpha value is -4.33. The van der Waals surface area contributed by atoms with Gasteiger partial charge in [-0.05, 0) is 66.6 Å². The van der Waals surface area contributed by atoms with Crippen molar-refractivity contribution in [1.29, 1.82) is 0 Å². The van der Waals surface area contributed by atoms with Crippen LogP contribution in [0, 0.1) is 5.82 Å². The van der Waals surface area contributed by atoms with Gasteiger partial charge in [-0.3, -0.25) is 14.5 Å². The molecule has 6 nitrogen and oxygen atoms in total. The zero-order valence-electron chi connectivity index (χ0n) is 22.6. The molecule has 206 valence electrons. The number of pyridine rings is 1. The van der Waals surface area contributed by atoms with Gasteiger partial charge in [0.25, 0.3) is 5.91 Å². The van der Waals surface area contributed by atoms with Crippen LogP contribution in [0.25, 0.3) is 28.0 Å². The second-order valence-electron chi connectivity index (χ2n) is 10.3. The van der Waals surface area contributed by atoms with Gasteiger partial charge in [-0.15, -0.1) is 0 Å². The average Bonchev–Trinajstić information content (AvgIpc) is 3.35. The fraction of sp³-hybridized carbons (Fsp3) is 0.182. The topological polar surface area (TPSA) is 57.9 Å². The smallest absolute Gasteiger partial charge is 0.253 e. The zero-order valence-corrected chi connectivity index (χ0v) is 23.3. The molecule has 8 heteroatoms. The lowest BCUT2D eigenvalue weighted by atomic mass is 10.0. The van der Waals surface area contributed by atoms with Crippen molar-refractivity contribution in [3.8, 4) is 22.4 Å². The third kappa shape index (κ3) is 5.64. The Bertz CT molecular complexity index is 1720. The van der Waals surface area contributed by atoms with Crippen molar-refractivity contribution in [2.75, 3.05) is 26.2 Å². The summed E-state index contributed by atoms with van der Waals surface area (Å²) in [4.78, 5) is 33.8. The van der Waals surface area contributed by atoms with E-state index in [9.17, 15) is 14.0 Å². The van der Waals surface area contributed by atoms with E-state index in [4.69, 9.17) is 16.6 Å². The second kappa shape index (κ2) is 11.3. The Morgan fingerprint density at radius 2 is 1.39 bits per heavy atom. The minimum Gasteiger partial charge on any atom is -0.336 e. The van der Waals surface area contributed by atoms with E-state index in [-0.39, 0.29) is 17.5 Å². The number of hydrogen-bond acceptors (Lipinski definition) is 4. The number of rotatable bonds is 6. The molecule has 1 aliphatic rings. The molecule has 0 spiro atoms. The number of amides is 1. The number of aromatic nitrogens is 2. The van der Waals surface area contributed by atoms with Crippen molar-refractivity contribution < 1.29 is 14.0 Å². The third-order valence-electron chi connectivity index (χ3n) is 7.58. The molecule has 3 aromatic carbocycles. The van der Waals surface area contributed by atoms with E-state index in [1.165, 1.54) is 24.3 Å². The quantitative estimate of drug-likeness (QED) is 0.217. The van der Waals surface area contributed by atoms with Gasteiger partial charge in [0.05, 0.1) is 11.4 Å². The lowest BCUT2D eigenvalue weighted by molar-refractivity contribution is 0.0626. The summed E-state index contributed by atoms with van der Waals surface area (Å²) in [5.41, 5.74) is 6.94. The highest BCUT2D eigenvalue weighted by atomic mass is 35.5. The Morgan fingerprint density at radius 3 is 2.05 bits per heavy atom. The lowest BCUT2D eigenvalue weighted by Crippen LogP contribution is -2.48. The first-order chi connectivity index (χ1) is 19.9. The van der Waals surface area contributed by atoms with Gasteiger partial charge >= 0.3 is 0 Å². The normalized spacial score (nSPS) is 14.0.